The number of anilines is 1. The molecule has 2 N–H and O–H groups in total. The number of hydrogen-bond donors (Lipinski definition) is 2. The van der Waals surface area contributed by atoms with E-state index in [1.165, 1.54) is 0 Å². The van der Waals surface area contributed by atoms with E-state index < -0.39 is 5.60 Å². The number of nitrogens with zero attached hydrogens (tertiary/aromatic N) is 3. The highest BCUT2D eigenvalue weighted by molar-refractivity contribution is 6.04. The highest BCUT2D eigenvalue weighted by atomic mass is 16.3. The maximum Gasteiger partial charge on any atom is 0.256 e. The van der Waals surface area contributed by atoms with Gasteiger partial charge in [-0.05, 0) is 44.4 Å². The Morgan fingerprint density at radius 1 is 1.06 bits per heavy atom. The summed E-state index contributed by atoms with van der Waals surface area (Å²) in [6.45, 7) is 3.43. The van der Waals surface area contributed by atoms with E-state index in [0.717, 1.165) is 41.0 Å². The third kappa shape index (κ3) is 3.94. The zero-order valence-corrected chi connectivity index (χ0v) is 17.5. The van der Waals surface area contributed by atoms with Gasteiger partial charge in [0, 0.05) is 29.2 Å². The molecule has 0 spiro atoms. The van der Waals surface area contributed by atoms with Crippen molar-refractivity contribution in [2.24, 2.45) is 0 Å². The first-order valence-electron chi connectivity index (χ1n) is 10.5. The van der Waals surface area contributed by atoms with Crippen molar-refractivity contribution in [3.63, 3.8) is 0 Å². The first kappa shape index (κ1) is 19.5. The second-order valence-corrected chi connectivity index (χ2v) is 8.60. The van der Waals surface area contributed by atoms with Gasteiger partial charge in [0.25, 0.3) is 5.91 Å². The van der Waals surface area contributed by atoms with E-state index in [9.17, 15) is 9.90 Å². The Hall–Kier alpha value is -3.51. The van der Waals surface area contributed by atoms with E-state index in [4.69, 9.17) is 5.10 Å². The van der Waals surface area contributed by atoms with Crippen LogP contribution in [0.25, 0.3) is 16.9 Å². The molecular formula is C25H24N4O2. The average Bonchev–Trinajstić information content (AvgIpc) is 3.52. The average molecular weight is 412 g/mol. The van der Waals surface area contributed by atoms with Gasteiger partial charge in [-0.15, -0.1) is 0 Å². The zero-order valence-electron chi connectivity index (χ0n) is 17.5. The van der Waals surface area contributed by atoms with Crippen molar-refractivity contribution < 1.29 is 9.90 Å². The van der Waals surface area contributed by atoms with Crippen molar-refractivity contribution in [2.45, 2.75) is 38.2 Å². The van der Waals surface area contributed by atoms with Crippen LogP contribution < -0.4 is 5.32 Å². The number of rotatable bonds is 5. The summed E-state index contributed by atoms with van der Waals surface area (Å²) >= 11 is 0. The molecule has 0 radical (unpaired) electrons. The Labute approximate surface area is 180 Å². The number of amides is 1. The Morgan fingerprint density at radius 2 is 1.77 bits per heavy atom. The molecule has 2 aromatic heterocycles. The van der Waals surface area contributed by atoms with Gasteiger partial charge < -0.3 is 10.4 Å². The summed E-state index contributed by atoms with van der Waals surface area (Å²) in [7, 11) is 0. The van der Waals surface area contributed by atoms with Crippen LogP contribution in [0.2, 0.25) is 0 Å². The maximum absolute atomic E-state index is 12.8. The van der Waals surface area contributed by atoms with Gasteiger partial charge in [-0.25, -0.2) is 9.50 Å². The lowest BCUT2D eigenvalue weighted by Gasteiger charge is -2.17. The number of carbonyl (C=O) groups excluding carboxylic acids is 1. The molecule has 2 heterocycles. The zero-order chi connectivity index (χ0) is 21.6. The summed E-state index contributed by atoms with van der Waals surface area (Å²) in [5.41, 5.74) is 3.96. The van der Waals surface area contributed by atoms with Gasteiger partial charge in [0.05, 0.1) is 17.0 Å². The van der Waals surface area contributed by atoms with Crippen LogP contribution in [0.5, 0.6) is 0 Å². The summed E-state index contributed by atoms with van der Waals surface area (Å²) in [5, 5.41) is 17.8. The summed E-state index contributed by atoms with van der Waals surface area (Å²) < 4.78 is 1.86. The fourth-order valence-electron chi connectivity index (χ4n) is 3.67. The van der Waals surface area contributed by atoms with Crippen LogP contribution in [0.4, 0.5) is 5.82 Å². The minimum atomic E-state index is -0.951. The fraction of sp³-hybridized carbons (Fsp3) is 0.240. The molecule has 0 saturated heterocycles. The van der Waals surface area contributed by atoms with Gasteiger partial charge in [-0.3, -0.25) is 4.79 Å². The van der Waals surface area contributed by atoms with Crippen molar-refractivity contribution in [3.05, 3.63) is 83.6 Å². The molecule has 1 amide bonds. The molecule has 1 aliphatic carbocycles. The summed E-state index contributed by atoms with van der Waals surface area (Å²) in [4.78, 5) is 17.5. The number of nitrogens with one attached hydrogen (secondary N) is 1. The lowest BCUT2D eigenvalue weighted by molar-refractivity contribution is 0.0785. The van der Waals surface area contributed by atoms with Crippen LogP contribution in [0.3, 0.4) is 0 Å². The van der Waals surface area contributed by atoms with E-state index in [2.05, 4.69) is 10.3 Å². The molecule has 0 bridgehead atoms. The highest BCUT2D eigenvalue weighted by Crippen LogP contribution is 2.40. The van der Waals surface area contributed by atoms with Crippen LogP contribution in [0, 0.1) is 0 Å². The van der Waals surface area contributed by atoms with Crippen LogP contribution in [0.1, 0.15) is 54.2 Å². The van der Waals surface area contributed by atoms with Crippen molar-refractivity contribution in [1.82, 2.24) is 14.6 Å². The van der Waals surface area contributed by atoms with Crippen LogP contribution in [-0.4, -0.2) is 25.6 Å². The molecule has 4 aromatic rings. The summed E-state index contributed by atoms with van der Waals surface area (Å²) in [6, 6.07) is 20.8. The maximum atomic E-state index is 12.8. The number of hydrogen-bond acceptors (Lipinski definition) is 4. The van der Waals surface area contributed by atoms with E-state index in [-0.39, 0.29) is 5.91 Å². The first-order valence-corrected chi connectivity index (χ1v) is 10.5. The van der Waals surface area contributed by atoms with Gasteiger partial charge in [0.1, 0.15) is 5.82 Å². The van der Waals surface area contributed by atoms with Crippen molar-refractivity contribution in [1.29, 1.82) is 0 Å². The Kier molecular flexibility index (Phi) is 4.59. The van der Waals surface area contributed by atoms with E-state index in [0.29, 0.717) is 17.3 Å². The van der Waals surface area contributed by atoms with Crippen molar-refractivity contribution in [2.75, 3.05) is 5.32 Å². The van der Waals surface area contributed by atoms with Gasteiger partial charge in [-0.2, -0.15) is 5.10 Å². The Morgan fingerprint density at radius 3 is 2.42 bits per heavy atom. The molecular weight excluding hydrogens is 388 g/mol. The minimum absolute atomic E-state index is 0.250. The molecule has 6 heteroatoms. The van der Waals surface area contributed by atoms with Gasteiger partial charge in [0.15, 0.2) is 5.65 Å². The lowest BCUT2D eigenvalue weighted by atomic mass is 9.97. The minimum Gasteiger partial charge on any atom is -0.386 e. The molecule has 1 saturated carbocycles. The summed E-state index contributed by atoms with van der Waals surface area (Å²) in [6.07, 6.45) is 2.32. The van der Waals surface area contributed by atoms with Crippen molar-refractivity contribution in [3.8, 4) is 11.3 Å². The SMILES string of the molecule is CC(C)(O)c1ccc(C(=O)Nc2cc(-c3ccccc3)n3nc(C4CC4)cc3n2)cc1. The van der Waals surface area contributed by atoms with Crippen LogP contribution >= 0.6 is 0 Å². The Bertz CT molecular complexity index is 1250. The number of aromatic nitrogens is 3. The van der Waals surface area contributed by atoms with Crippen LogP contribution in [-0.2, 0) is 5.60 Å². The highest BCUT2D eigenvalue weighted by Gasteiger charge is 2.27. The monoisotopic (exact) mass is 412 g/mol. The normalized spacial score (nSPS) is 14.0. The third-order valence-corrected chi connectivity index (χ3v) is 5.61. The topological polar surface area (TPSA) is 79.5 Å². The molecule has 2 aromatic carbocycles. The predicted octanol–water partition coefficient (Wildman–Crippen LogP) is 4.75. The molecule has 1 fully saturated rings. The number of carbonyl (C=O) groups is 1. The number of benzene rings is 2. The van der Waals surface area contributed by atoms with E-state index >= 15 is 0 Å². The summed E-state index contributed by atoms with van der Waals surface area (Å²) in [5.74, 6) is 0.739. The van der Waals surface area contributed by atoms with Gasteiger partial charge in [0.2, 0.25) is 0 Å². The van der Waals surface area contributed by atoms with Gasteiger partial charge in [-0.1, -0.05) is 42.5 Å². The Balaban J connectivity index is 1.50. The fourth-order valence-corrected chi connectivity index (χ4v) is 3.67. The van der Waals surface area contributed by atoms with Crippen LogP contribution in [0.15, 0.2) is 66.7 Å². The molecule has 31 heavy (non-hydrogen) atoms. The molecule has 0 aliphatic heterocycles. The molecule has 0 atom stereocenters. The second kappa shape index (κ2) is 7.32. The largest absolute Gasteiger partial charge is 0.386 e. The van der Waals surface area contributed by atoms with Crippen molar-refractivity contribution >= 4 is 17.4 Å². The molecule has 1 aliphatic rings. The second-order valence-electron chi connectivity index (χ2n) is 8.60. The lowest BCUT2D eigenvalue weighted by Crippen LogP contribution is -2.17. The van der Waals surface area contributed by atoms with E-state index in [1.807, 2.05) is 47.0 Å². The quantitative estimate of drug-likeness (QED) is 0.496. The number of fused-ring (bicyclic) bond motifs is 1. The molecule has 156 valence electrons. The molecule has 0 unspecified atom stereocenters. The number of aliphatic hydroxyl groups is 1. The molecule has 5 rings (SSSR count). The molecule has 6 nitrogen and oxygen atoms in total. The standard InChI is InChI=1S/C25H24N4O2/c1-25(2,31)19-12-10-18(11-13-19)24(30)27-22-15-21(17-6-4-3-5-7-17)29-23(26-22)14-20(28-29)16-8-9-16/h3-7,10-16,31H,8-9H2,1-2H3,(H,26,27,30). The van der Waals surface area contributed by atoms with E-state index in [1.54, 1.807) is 38.1 Å². The third-order valence-electron chi connectivity index (χ3n) is 5.61. The smallest absolute Gasteiger partial charge is 0.256 e. The van der Waals surface area contributed by atoms with Gasteiger partial charge >= 0.3 is 0 Å². The first-order chi connectivity index (χ1) is 14.9. The predicted molar refractivity (Wildman–Crippen MR) is 120 cm³/mol.